The lowest BCUT2D eigenvalue weighted by Crippen LogP contribution is -2.52. The Morgan fingerprint density at radius 1 is 0.912 bits per heavy atom. The molecule has 0 aliphatic carbocycles. The number of hydrogen-bond donors (Lipinski definition) is 1. The van der Waals surface area contributed by atoms with Crippen molar-refractivity contribution >= 4 is 35.0 Å². The Labute approximate surface area is 211 Å². The number of benzene rings is 3. The van der Waals surface area contributed by atoms with Crippen LogP contribution in [0.25, 0.3) is 0 Å². The molecule has 2 amide bonds. The highest BCUT2D eigenvalue weighted by Crippen LogP contribution is 2.23. The fourth-order valence-corrected chi connectivity index (χ4v) is 4.23. The average molecular weight is 497 g/mol. The first-order valence-electron chi connectivity index (χ1n) is 11.4. The second kappa shape index (κ2) is 12.0. The molecule has 0 saturated carbocycles. The molecule has 0 spiro atoms. The number of rotatable bonds is 9. The summed E-state index contributed by atoms with van der Waals surface area (Å²) in [7, 11) is 0. The van der Waals surface area contributed by atoms with E-state index in [-0.39, 0.29) is 24.3 Å². The third-order valence-corrected chi connectivity index (χ3v) is 6.12. The molecule has 0 aliphatic rings. The van der Waals surface area contributed by atoms with Crippen LogP contribution in [0.1, 0.15) is 36.1 Å². The van der Waals surface area contributed by atoms with E-state index in [9.17, 15) is 9.59 Å². The van der Waals surface area contributed by atoms with Gasteiger partial charge < -0.3 is 10.2 Å². The second-order valence-corrected chi connectivity index (χ2v) is 9.63. The van der Waals surface area contributed by atoms with Crippen LogP contribution in [0.15, 0.2) is 72.8 Å². The summed E-state index contributed by atoms with van der Waals surface area (Å²) in [5.41, 5.74) is 3.75. The van der Waals surface area contributed by atoms with Crippen LogP contribution >= 0.6 is 23.2 Å². The van der Waals surface area contributed by atoms with E-state index in [0.29, 0.717) is 28.6 Å². The van der Waals surface area contributed by atoms with E-state index in [2.05, 4.69) is 5.32 Å². The molecule has 0 radical (unpaired) electrons. The van der Waals surface area contributed by atoms with Gasteiger partial charge in [0.25, 0.3) is 0 Å². The lowest BCUT2D eigenvalue weighted by molar-refractivity contribution is -0.141. The average Bonchev–Trinajstić information content (AvgIpc) is 2.79. The summed E-state index contributed by atoms with van der Waals surface area (Å²) in [6.45, 7) is 6.16. The molecule has 1 N–H and O–H groups in total. The summed E-state index contributed by atoms with van der Waals surface area (Å²) < 4.78 is 0. The van der Waals surface area contributed by atoms with Gasteiger partial charge in [0.1, 0.15) is 6.04 Å². The van der Waals surface area contributed by atoms with Gasteiger partial charge in [0.15, 0.2) is 0 Å². The molecule has 0 heterocycles. The standard InChI is InChI=1S/C28H30Cl2N2O2/c1-19(2)31-28(34)26(15-21-7-5-4-6-8-21)32(18-22-11-9-20(3)10-12-22)27(33)16-23-13-14-24(29)17-25(23)30/h4-14,17,19,26H,15-16,18H2,1-3H3,(H,31,34)/t26-/m1/s1. The zero-order valence-corrected chi connectivity index (χ0v) is 21.2. The van der Waals surface area contributed by atoms with Crippen LogP contribution in [-0.4, -0.2) is 28.8 Å². The summed E-state index contributed by atoms with van der Waals surface area (Å²) in [6.07, 6.45) is 0.480. The molecule has 4 nitrogen and oxygen atoms in total. The van der Waals surface area contributed by atoms with Crippen molar-refractivity contribution in [1.29, 1.82) is 0 Å². The number of nitrogens with zero attached hydrogens (tertiary/aromatic N) is 1. The Balaban J connectivity index is 1.98. The second-order valence-electron chi connectivity index (χ2n) is 8.79. The third kappa shape index (κ3) is 7.34. The number of carbonyl (C=O) groups excluding carboxylic acids is 2. The van der Waals surface area contributed by atoms with Gasteiger partial charge in [0.05, 0.1) is 6.42 Å². The van der Waals surface area contributed by atoms with Gasteiger partial charge in [-0.05, 0) is 49.6 Å². The van der Waals surface area contributed by atoms with Gasteiger partial charge in [-0.3, -0.25) is 9.59 Å². The van der Waals surface area contributed by atoms with Crippen molar-refractivity contribution in [2.45, 2.75) is 52.2 Å². The predicted octanol–water partition coefficient (Wildman–Crippen LogP) is 6.01. The molecule has 34 heavy (non-hydrogen) atoms. The van der Waals surface area contributed by atoms with Gasteiger partial charge in [-0.15, -0.1) is 0 Å². The molecule has 3 aromatic rings. The first-order valence-corrected chi connectivity index (χ1v) is 12.1. The molecule has 6 heteroatoms. The number of aryl methyl sites for hydroxylation is 1. The molecular weight excluding hydrogens is 467 g/mol. The van der Waals surface area contributed by atoms with Gasteiger partial charge in [0, 0.05) is 29.1 Å². The first-order chi connectivity index (χ1) is 16.2. The van der Waals surface area contributed by atoms with Gasteiger partial charge in [0.2, 0.25) is 11.8 Å². The van der Waals surface area contributed by atoms with Crippen LogP contribution in [0.5, 0.6) is 0 Å². The molecule has 1 atom stereocenters. The minimum absolute atomic E-state index is 0.0483. The zero-order chi connectivity index (χ0) is 24.7. The molecule has 0 bridgehead atoms. The van der Waals surface area contributed by atoms with Crippen molar-refractivity contribution in [3.8, 4) is 0 Å². The number of amides is 2. The molecule has 0 aromatic heterocycles. The highest BCUT2D eigenvalue weighted by atomic mass is 35.5. The SMILES string of the molecule is Cc1ccc(CN(C(=O)Cc2ccc(Cl)cc2Cl)[C@H](Cc2ccccc2)C(=O)NC(C)C)cc1. The summed E-state index contributed by atoms with van der Waals surface area (Å²) in [5, 5.41) is 3.94. The Morgan fingerprint density at radius 2 is 1.59 bits per heavy atom. The fraction of sp³-hybridized carbons (Fsp3) is 0.286. The van der Waals surface area contributed by atoms with Gasteiger partial charge in [-0.2, -0.15) is 0 Å². The summed E-state index contributed by atoms with van der Waals surface area (Å²) in [5.74, 6) is -0.355. The Hall–Kier alpha value is -2.82. The van der Waals surface area contributed by atoms with Crippen LogP contribution < -0.4 is 5.32 Å². The summed E-state index contributed by atoms with van der Waals surface area (Å²) in [4.78, 5) is 28.7. The maximum Gasteiger partial charge on any atom is 0.243 e. The van der Waals surface area contributed by atoms with Gasteiger partial charge in [-0.1, -0.05) is 89.4 Å². The smallest absolute Gasteiger partial charge is 0.243 e. The number of hydrogen-bond acceptors (Lipinski definition) is 2. The number of carbonyl (C=O) groups is 2. The van der Waals surface area contributed by atoms with E-state index in [1.165, 1.54) is 0 Å². The summed E-state index contributed by atoms with van der Waals surface area (Å²) >= 11 is 12.4. The predicted molar refractivity (Wildman–Crippen MR) is 139 cm³/mol. The van der Waals surface area contributed by atoms with Crippen LogP contribution in [0.2, 0.25) is 10.0 Å². The molecular formula is C28H30Cl2N2O2. The minimum Gasteiger partial charge on any atom is -0.352 e. The maximum absolute atomic E-state index is 13.7. The van der Waals surface area contributed by atoms with Crippen molar-refractivity contribution in [2.75, 3.05) is 0 Å². The monoisotopic (exact) mass is 496 g/mol. The van der Waals surface area contributed by atoms with E-state index < -0.39 is 6.04 Å². The quantitative estimate of drug-likeness (QED) is 0.394. The van der Waals surface area contributed by atoms with Crippen LogP contribution in [0, 0.1) is 6.92 Å². The first kappa shape index (κ1) is 25.8. The maximum atomic E-state index is 13.7. The molecule has 3 rings (SSSR count). The molecule has 0 unspecified atom stereocenters. The topological polar surface area (TPSA) is 49.4 Å². The Bertz CT molecular complexity index is 1120. The van der Waals surface area contributed by atoms with E-state index >= 15 is 0 Å². The summed E-state index contributed by atoms with van der Waals surface area (Å²) in [6, 6.07) is 22.1. The molecule has 178 valence electrons. The van der Waals surface area contributed by atoms with Gasteiger partial charge in [-0.25, -0.2) is 0 Å². The minimum atomic E-state index is -0.676. The fourth-order valence-electron chi connectivity index (χ4n) is 3.75. The van der Waals surface area contributed by atoms with Crippen molar-refractivity contribution in [3.05, 3.63) is 105 Å². The van der Waals surface area contributed by atoms with E-state index in [1.54, 1.807) is 23.1 Å². The highest BCUT2D eigenvalue weighted by molar-refractivity contribution is 6.35. The third-order valence-electron chi connectivity index (χ3n) is 5.53. The molecule has 3 aromatic carbocycles. The lowest BCUT2D eigenvalue weighted by atomic mass is 10.0. The molecule has 0 fully saturated rings. The zero-order valence-electron chi connectivity index (χ0n) is 19.7. The van der Waals surface area contributed by atoms with Crippen molar-refractivity contribution in [1.82, 2.24) is 10.2 Å². The van der Waals surface area contributed by atoms with E-state index in [1.807, 2.05) is 75.4 Å². The van der Waals surface area contributed by atoms with Crippen molar-refractivity contribution in [3.63, 3.8) is 0 Å². The van der Waals surface area contributed by atoms with Crippen molar-refractivity contribution in [2.24, 2.45) is 0 Å². The van der Waals surface area contributed by atoms with Crippen LogP contribution in [-0.2, 0) is 29.0 Å². The van der Waals surface area contributed by atoms with Crippen LogP contribution in [0.3, 0.4) is 0 Å². The molecule has 0 aliphatic heterocycles. The van der Waals surface area contributed by atoms with Crippen molar-refractivity contribution < 1.29 is 9.59 Å². The number of halogens is 2. The van der Waals surface area contributed by atoms with E-state index in [4.69, 9.17) is 23.2 Å². The molecule has 0 saturated heterocycles. The highest BCUT2D eigenvalue weighted by Gasteiger charge is 2.31. The van der Waals surface area contributed by atoms with Crippen LogP contribution in [0.4, 0.5) is 0 Å². The Morgan fingerprint density at radius 3 is 2.21 bits per heavy atom. The largest absolute Gasteiger partial charge is 0.352 e. The normalized spacial score (nSPS) is 11.8. The Kier molecular flexibility index (Phi) is 9.14. The van der Waals surface area contributed by atoms with Gasteiger partial charge >= 0.3 is 0 Å². The van der Waals surface area contributed by atoms with E-state index in [0.717, 1.165) is 16.7 Å². The number of nitrogens with one attached hydrogen (secondary N) is 1. The lowest BCUT2D eigenvalue weighted by Gasteiger charge is -2.32.